The molecule has 0 saturated carbocycles. The van der Waals surface area contributed by atoms with Crippen molar-refractivity contribution in [3.8, 4) is 5.75 Å². The van der Waals surface area contributed by atoms with Crippen molar-refractivity contribution in [1.82, 2.24) is 0 Å². The Bertz CT molecular complexity index is 701. The van der Waals surface area contributed by atoms with Crippen LogP contribution in [0.15, 0.2) is 60.0 Å². The fourth-order valence-corrected chi connectivity index (χ4v) is 2.57. The molecule has 2 aromatic carbocycles. The molecule has 2 rings (SSSR count). The van der Waals surface area contributed by atoms with Gasteiger partial charge in [-0.2, -0.15) is 0 Å². The largest absolute Gasteiger partial charge is 0.573 e. The molecule has 1 amide bonds. The standard InChI is InChI=1S/C18H16F3NO2S/c19-18(20,21)24-16-8-6-15(7-9-16)22-17(23)11-13-25-12-10-14-4-2-1-3-5-14/h1-10,12H,11,13H2,(H,22,23)/b12-10-. The lowest BCUT2D eigenvalue weighted by molar-refractivity contribution is -0.274. The van der Waals surface area contributed by atoms with E-state index in [9.17, 15) is 18.0 Å². The highest BCUT2D eigenvalue weighted by atomic mass is 32.2. The zero-order chi connectivity index (χ0) is 18.1. The molecule has 2 aromatic rings. The van der Waals surface area contributed by atoms with Crippen LogP contribution in [0.4, 0.5) is 18.9 Å². The summed E-state index contributed by atoms with van der Waals surface area (Å²) in [6.45, 7) is 0. The van der Waals surface area contributed by atoms with E-state index in [1.54, 1.807) is 0 Å². The number of nitrogens with one attached hydrogen (secondary N) is 1. The van der Waals surface area contributed by atoms with Gasteiger partial charge in [-0.05, 0) is 41.3 Å². The Morgan fingerprint density at radius 1 is 1.08 bits per heavy atom. The first kappa shape index (κ1) is 18.9. The number of anilines is 1. The van der Waals surface area contributed by atoms with Crippen LogP contribution in [-0.2, 0) is 4.79 Å². The third-order valence-corrected chi connectivity index (χ3v) is 3.74. The summed E-state index contributed by atoms with van der Waals surface area (Å²) in [6.07, 6.45) is -2.47. The first-order valence-electron chi connectivity index (χ1n) is 7.41. The molecule has 0 heterocycles. The topological polar surface area (TPSA) is 38.3 Å². The van der Waals surface area contributed by atoms with Crippen LogP contribution in [0.5, 0.6) is 5.75 Å². The van der Waals surface area contributed by atoms with Crippen molar-refractivity contribution in [2.24, 2.45) is 0 Å². The van der Waals surface area contributed by atoms with Crippen LogP contribution >= 0.6 is 11.8 Å². The van der Waals surface area contributed by atoms with Gasteiger partial charge in [0.25, 0.3) is 0 Å². The monoisotopic (exact) mass is 367 g/mol. The number of amides is 1. The Morgan fingerprint density at radius 2 is 1.76 bits per heavy atom. The van der Waals surface area contributed by atoms with E-state index >= 15 is 0 Å². The smallest absolute Gasteiger partial charge is 0.406 e. The first-order valence-corrected chi connectivity index (χ1v) is 8.46. The number of halogens is 3. The minimum Gasteiger partial charge on any atom is -0.406 e. The predicted octanol–water partition coefficient (Wildman–Crippen LogP) is 5.32. The van der Waals surface area contributed by atoms with Crippen LogP contribution < -0.4 is 10.1 Å². The highest BCUT2D eigenvalue weighted by molar-refractivity contribution is 8.02. The van der Waals surface area contributed by atoms with E-state index in [1.165, 1.54) is 23.9 Å². The van der Waals surface area contributed by atoms with E-state index < -0.39 is 6.36 Å². The minimum absolute atomic E-state index is 0.204. The van der Waals surface area contributed by atoms with E-state index in [0.29, 0.717) is 17.9 Å². The fourth-order valence-electron chi connectivity index (χ4n) is 1.87. The highest BCUT2D eigenvalue weighted by Crippen LogP contribution is 2.24. The molecule has 0 aliphatic carbocycles. The van der Waals surface area contributed by atoms with Crippen LogP contribution in [0, 0.1) is 0 Å². The number of ether oxygens (including phenoxy) is 1. The summed E-state index contributed by atoms with van der Waals surface area (Å²) in [4.78, 5) is 11.8. The second-order valence-electron chi connectivity index (χ2n) is 4.95. The second-order valence-corrected chi connectivity index (χ2v) is 5.97. The molecule has 7 heteroatoms. The first-order chi connectivity index (χ1) is 11.9. The molecule has 0 fully saturated rings. The summed E-state index contributed by atoms with van der Waals surface area (Å²) >= 11 is 1.51. The van der Waals surface area contributed by atoms with Crippen LogP contribution in [0.1, 0.15) is 12.0 Å². The molecular weight excluding hydrogens is 351 g/mol. The number of thioether (sulfide) groups is 1. The predicted molar refractivity (Wildman–Crippen MR) is 94.3 cm³/mol. The van der Waals surface area contributed by atoms with Crippen LogP contribution in [0.25, 0.3) is 6.08 Å². The molecule has 3 nitrogen and oxygen atoms in total. The second kappa shape index (κ2) is 9.17. The molecule has 0 radical (unpaired) electrons. The number of hydrogen-bond donors (Lipinski definition) is 1. The zero-order valence-electron chi connectivity index (χ0n) is 13.1. The highest BCUT2D eigenvalue weighted by Gasteiger charge is 2.30. The Labute approximate surface area is 147 Å². The van der Waals surface area contributed by atoms with Gasteiger partial charge in [-0.25, -0.2) is 0 Å². The summed E-state index contributed by atoms with van der Waals surface area (Å²) in [7, 11) is 0. The van der Waals surface area contributed by atoms with Crippen molar-refractivity contribution >= 4 is 29.4 Å². The Hall–Kier alpha value is -2.41. The Morgan fingerprint density at radius 3 is 2.40 bits per heavy atom. The van der Waals surface area contributed by atoms with Gasteiger partial charge < -0.3 is 10.1 Å². The Balaban J connectivity index is 1.70. The van der Waals surface area contributed by atoms with Crippen molar-refractivity contribution in [3.05, 3.63) is 65.6 Å². The van der Waals surface area contributed by atoms with Crippen molar-refractivity contribution in [3.63, 3.8) is 0 Å². The number of alkyl halides is 3. The van der Waals surface area contributed by atoms with Gasteiger partial charge in [-0.1, -0.05) is 30.3 Å². The van der Waals surface area contributed by atoms with E-state index in [1.807, 2.05) is 41.8 Å². The quantitative estimate of drug-likeness (QED) is 0.673. The number of benzene rings is 2. The summed E-state index contributed by atoms with van der Waals surface area (Å²) in [5.41, 5.74) is 1.50. The average molecular weight is 367 g/mol. The number of rotatable bonds is 7. The Kier molecular flexibility index (Phi) is 6.94. The molecule has 0 unspecified atom stereocenters. The summed E-state index contributed by atoms with van der Waals surface area (Å²) in [5, 5.41) is 4.55. The minimum atomic E-state index is -4.73. The summed E-state index contributed by atoms with van der Waals surface area (Å²) in [6, 6.07) is 14.8. The maximum Gasteiger partial charge on any atom is 0.573 e. The van der Waals surface area contributed by atoms with Crippen molar-refractivity contribution < 1.29 is 22.7 Å². The van der Waals surface area contributed by atoms with Crippen molar-refractivity contribution in [2.45, 2.75) is 12.8 Å². The average Bonchev–Trinajstić information content (AvgIpc) is 2.56. The zero-order valence-corrected chi connectivity index (χ0v) is 13.9. The van der Waals surface area contributed by atoms with Gasteiger partial charge in [0, 0.05) is 17.9 Å². The van der Waals surface area contributed by atoms with E-state index in [0.717, 1.165) is 17.7 Å². The molecule has 0 aromatic heterocycles. The molecule has 25 heavy (non-hydrogen) atoms. The number of hydrogen-bond acceptors (Lipinski definition) is 3. The SMILES string of the molecule is O=C(CCS/C=C\c1ccccc1)Nc1ccc(OC(F)(F)F)cc1. The van der Waals surface area contributed by atoms with E-state index in [-0.39, 0.29) is 11.7 Å². The molecular formula is C18H16F3NO2S. The lowest BCUT2D eigenvalue weighted by atomic mass is 10.2. The normalized spacial score (nSPS) is 11.5. The molecule has 0 spiro atoms. The van der Waals surface area contributed by atoms with Crippen molar-refractivity contribution in [1.29, 1.82) is 0 Å². The third-order valence-electron chi connectivity index (χ3n) is 2.97. The van der Waals surface area contributed by atoms with Gasteiger partial charge in [0.05, 0.1) is 0 Å². The van der Waals surface area contributed by atoms with Crippen LogP contribution in [-0.4, -0.2) is 18.0 Å². The maximum absolute atomic E-state index is 12.1. The fraction of sp³-hybridized carbons (Fsp3) is 0.167. The molecule has 0 atom stereocenters. The van der Waals surface area contributed by atoms with Gasteiger partial charge in [0.2, 0.25) is 5.91 Å². The van der Waals surface area contributed by atoms with Gasteiger partial charge >= 0.3 is 6.36 Å². The van der Waals surface area contributed by atoms with Crippen LogP contribution in [0.3, 0.4) is 0 Å². The molecule has 0 bridgehead atoms. The van der Waals surface area contributed by atoms with Gasteiger partial charge in [-0.3, -0.25) is 4.79 Å². The maximum atomic E-state index is 12.1. The summed E-state index contributed by atoms with van der Waals surface area (Å²) in [5.74, 6) is 0.0713. The van der Waals surface area contributed by atoms with Crippen LogP contribution in [0.2, 0.25) is 0 Å². The number of carbonyl (C=O) groups excluding carboxylic acids is 1. The van der Waals surface area contributed by atoms with Gasteiger partial charge in [-0.15, -0.1) is 24.9 Å². The number of carbonyl (C=O) groups is 1. The summed E-state index contributed by atoms with van der Waals surface area (Å²) < 4.78 is 40.0. The lowest BCUT2D eigenvalue weighted by Gasteiger charge is -2.09. The molecule has 0 saturated heterocycles. The molecule has 0 aliphatic rings. The third kappa shape index (κ3) is 7.80. The van der Waals surface area contributed by atoms with E-state index in [2.05, 4.69) is 10.1 Å². The van der Waals surface area contributed by atoms with E-state index in [4.69, 9.17) is 0 Å². The molecule has 1 N–H and O–H groups in total. The van der Waals surface area contributed by atoms with Crippen molar-refractivity contribution in [2.75, 3.05) is 11.1 Å². The molecule has 0 aliphatic heterocycles. The van der Waals surface area contributed by atoms with Gasteiger partial charge in [0.1, 0.15) is 5.75 Å². The van der Waals surface area contributed by atoms with Gasteiger partial charge in [0.15, 0.2) is 0 Å². The lowest BCUT2D eigenvalue weighted by Crippen LogP contribution is -2.17. The molecule has 132 valence electrons.